The lowest BCUT2D eigenvalue weighted by Gasteiger charge is -2.16. The molecular formula is C21H24ClN5O2Si. The average molecular weight is 442 g/mol. The van der Waals surface area contributed by atoms with Crippen LogP contribution in [0.25, 0.3) is 33.2 Å². The van der Waals surface area contributed by atoms with Gasteiger partial charge in [-0.05, 0) is 29.8 Å². The molecule has 7 nitrogen and oxygen atoms in total. The van der Waals surface area contributed by atoms with Crippen LogP contribution in [0.5, 0.6) is 5.88 Å². The van der Waals surface area contributed by atoms with Gasteiger partial charge in [-0.3, -0.25) is 0 Å². The lowest BCUT2D eigenvalue weighted by atomic mass is 10.2. The highest BCUT2D eigenvalue weighted by Crippen LogP contribution is 2.31. The van der Waals surface area contributed by atoms with E-state index in [0.29, 0.717) is 12.6 Å². The van der Waals surface area contributed by atoms with Gasteiger partial charge < -0.3 is 14.0 Å². The zero-order chi connectivity index (χ0) is 21.3. The van der Waals surface area contributed by atoms with Crippen LogP contribution in [0.2, 0.25) is 31.0 Å². The van der Waals surface area contributed by atoms with E-state index in [4.69, 9.17) is 26.1 Å². The third-order valence-corrected chi connectivity index (χ3v) is 6.81. The van der Waals surface area contributed by atoms with Gasteiger partial charge in [0.05, 0.1) is 18.3 Å². The maximum Gasteiger partial charge on any atom is 0.222 e. The summed E-state index contributed by atoms with van der Waals surface area (Å²) in [6.07, 6.45) is 5.17. The van der Waals surface area contributed by atoms with E-state index in [2.05, 4.69) is 39.2 Å². The number of fused-ring (bicyclic) bond motifs is 3. The predicted octanol–water partition coefficient (Wildman–Crippen LogP) is 5.02. The minimum absolute atomic E-state index is 0.211. The first-order chi connectivity index (χ1) is 14.4. The topological polar surface area (TPSA) is 75.0 Å². The number of pyridine rings is 2. The van der Waals surface area contributed by atoms with Gasteiger partial charge in [-0.15, -0.1) is 0 Å². The van der Waals surface area contributed by atoms with Gasteiger partial charge in [0.2, 0.25) is 11.2 Å². The van der Waals surface area contributed by atoms with Gasteiger partial charge in [0.25, 0.3) is 0 Å². The summed E-state index contributed by atoms with van der Waals surface area (Å²) < 4.78 is 13.5. The molecule has 0 aliphatic carbocycles. The SMILES string of the molecule is COc1cc2c(cn1)c1ccc(-c3cnc(Cl)nc3)nc1n2COCC[Si](C)(C)C. The molecular weight excluding hydrogens is 418 g/mol. The second-order valence-corrected chi connectivity index (χ2v) is 14.3. The molecule has 0 atom stereocenters. The Labute approximate surface area is 181 Å². The van der Waals surface area contributed by atoms with Gasteiger partial charge in [0, 0.05) is 55.7 Å². The number of nitrogens with zero attached hydrogens (tertiary/aromatic N) is 5. The van der Waals surface area contributed by atoms with Crippen LogP contribution >= 0.6 is 11.6 Å². The van der Waals surface area contributed by atoms with Crippen molar-refractivity contribution >= 4 is 41.6 Å². The molecule has 0 radical (unpaired) electrons. The zero-order valence-corrected chi connectivity index (χ0v) is 19.3. The van der Waals surface area contributed by atoms with E-state index in [1.807, 2.05) is 24.4 Å². The Kier molecular flexibility index (Phi) is 5.72. The van der Waals surface area contributed by atoms with Crippen molar-refractivity contribution in [1.82, 2.24) is 24.5 Å². The highest BCUT2D eigenvalue weighted by atomic mass is 35.5. The molecule has 0 saturated heterocycles. The van der Waals surface area contributed by atoms with E-state index in [1.165, 1.54) is 0 Å². The Morgan fingerprint density at radius 1 is 1.03 bits per heavy atom. The summed E-state index contributed by atoms with van der Waals surface area (Å²) in [4.78, 5) is 17.4. The minimum atomic E-state index is -1.16. The Hall–Kier alpha value is -2.55. The van der Waals surface area contributed by atoms with Gasteiger partial charge in [-0.1, -0.05) is 19.6 Å². The molecule has 4 aromatic heterocycles. The summed E-state index contributed by atoms with van der Waals surface area (Å²) >= 11 is 5.83. The van der Waals surface area contributed by atoms with E-state index in [0.717, 1.165) is 45.8 Å². The summed E-state index contributed by atoms with van der Waals surface area (Å²) in [5.41, 5.74) is 3.36. The summed E-state index contributed by atoms with van der Waals surface area (Å²) in [6.45, 7) is 8.16. The molecule has 4 heterocycles. The average Bonchev–Trinajstić information content (AvgIpc) is 3.03. The molecule has 0 unspecified atom stereocenters. The Morgan fingerprint density at radius 3 is 2.50 bits per heavy atom. The Balaban J connectivity index is 1.78. The Morgan fingerprint density at radius 2 is 1.80 bits per heavy atom. The summed E-state index contributed by atoms with van der Waals surface area (Å²) in [5, 5.41) is 2.22. The number of hydrogen-bond acceptors (Lipinski definition) is 6. The van der Waals surface area contributed by atoms with Crippen molar-refractivity contribution in [3.05, 3.63) is 42.1 Å². The molecule has 0 fully saturated rings. The third-order valence-electron chi connectivity index (χ3n) is 4.91. The van der Waals surface area contributed by atoms with E-state index < -0.39 is 8.07 Å². The molecule has 0 spiro atoms. The monoisotopic (exact) mass is 441 g/mol. The molecule has 0 aliphatic rings. The van der Waals surface area contributed by atoms with Crippen molar-refractivity contribution in [3.63, 3.8) is 0 Å². The summed E-state index contributed by atoms with van der Waals surface area (Å²) in [7, 11) is 0.450. The van der Waals surface area contributed by atoms with Crippen molar-refractivity contribution in [1.29, 1.82) is 0 Å². The van der Waals surface area contributed by atoms with E-state index in [1.54, 1.807) is 19.5 Å². The van der Waals surface area contributed by atoms with Crippen molar-refractivity contribution in [2.75, 3.05) is 13.7 Å². The molecule has 156 valence electrons. The Bertz CT molecular complexity index is 1190. The molecule has 0 N–H and O–H groups in total. The van der Waals surface area contributed by atoms with Crippen LogP contribution in [0.4, 0.5) is 0 Å². The fourth-order valence-electron chi connectivity index (χ4n) is 3.22. The first-order valence-electron chi connectivity index (χ1n) is 9.74. The quantitative estimate of drug-likeness (QED) is 0.228. The van der Waals surface area contributed by atoms with Gasteiger partial charge in [0.1, 0.15) is 12.4 Å². The second kappa shape index (κ2) is 8.29. The van der Waals surface area contributed by atoms with Gasteiger partial charge in [-0.2, -0.15) is 0 Å². The molecule has 0 aliphatic heterocycles. The van der Waals surface area contributed by atoms with Gasteiger partial charge >= 0.3 is 0 Å². The van der Waals surface area contributed by atoms with Crippen LogP contribution in [0.3, 0.4) is 0 Å². The third kappa shape index (κ3) is 4.30. The predicted molar refractivity (Wildman–Crippen MR) is 122 cm³/mol. The molecule has 9 heteroatoms. The molecule has 0 saturated carbocycles. The molecule has 0 amide bonds. The van der Waals surface area contributed by atoms with Crippen molar-refractivity contribution in [2.24, 2.45) is 0 Å². The number of aromatic nitrogens is 5. The van der Waals surface area contributed by atoms with Crippen molar-refractivity contribution in [2.45, 2.75) is 32.4 Å². The van der Waals surface area contributed by atoms with Gasteiger partial charge in [0.15, 0.2) is 0 Å². The van der Waals surface area contributed by atoms with E-state index in [-0.39, 0.29) is 5.28 Å². The summed E-state index contributed by atoms with van der Waals surface area (Å²) in [5.74, 6) is 0.556. The molecule has 4 rings (SSSR count). The normalized spacial score (nSPS) is 12.0. The van der Waals surface area contributed by atoms with Gasteiger partial charge in [-0.25, -0.2) is 19.9 Å². The largest absolute Gasteiger partial charge is 0.481 e. The van der Waals surface area contributed by atoms with Crippen LogP contribution in [-0.4, -0.2) is 46.3 Å². The highest BCUT2D eigenvalue weighted by molar-refractivity contribution is 6.76. The van der Waals surface area contributed by atoms with Crippen LogP contribution in [-0.2, 0) is 11.5 Å². The first kappa shape index (κ1) is 20.7. The van der Waals surface area contributed by atoms with Crippen LogP contribution in [0, 0.1) is 0 Å². The zero-order valence-electron chi connectivity index (χ0n) is 17.5. The van der Waals surface area contributed by atoms with Crippen LogP contribution in [0.1, 0.15) is 0 Å². The fourth-order valence-corrected chi connectivity index (χ4v) is 4.07. The number of hydrogen-bond donors (Lipinski definition) is 0. The standard InChI is InChI=1S/C21H24ClN5O2Si/c1-28-19-9-18-16(12-23-19)15-5-6-17(14-10-24-21(22)25-11-14)26-20(15)27(18)13-29-7-8-30(2,3)4/h5-6,9-12H,7-8,13H2,1-4H3. The lowest BCUT2D eigenvalue weighted by Crippen LogP contribution is -2.22. The number of ether oxygens (including phenoxy) is 2. The number of rotatable bonds is 7. The molecule has 4 aromatic rings. The number of methoxy groups -OCH3 is 1. The van der Waals surface area contributed by atoms with E-state index >= 15 is 0 Å². The smallest absolute Gasteiger partial charge is 0.222 e. The lowest BCUT2D eigenvalue weighted by molar-refractivity contribution is 0.0925. The maximum atomic E-state index is 6.06. The fraction of sp³-hybridized carbons (Fsp3) is 0.333. The summed E-state index contributed by atoms with van der Waals surface area (Å²) in [6, 6.07) is 7.02. The molecule has 30 heavy (non-hydrogen) atoms. The highest BCUT2D eigenvalue weighted by Gasteiger charge is 2.16. The molecule has 0 bridgehead atoms. The van der Waals surface area contributed by atoms with Crippen molar-refractivity contribution in [3.8, 4) is 17.1 Å². The number of halogens is 1. The first-order valence-corrected chi connectivity index (χ1v) is 13.8. The van der Waals surface area contributed by atoms with Crippen LogP contribution < -0.4 is 4.74 Å². The minimum Gasteiger partial charge on any atom is -0.481 e. The molecule has 0 aromatic carbocycles. The van der Waals surface area contributed by atoms with Crippen molar-refractivity contribution < 1.29 is 9.47 Å². The second-order valence-electron chi connectivity index (χ2n) is 8.33. The maximum absolute atomic E-state index is 6.06. The van der Waals surface area contributed by atoms with E-state index in [9.17, 15) is 0 Å². The van der Waals surface area contributed by atoms with Crippen LogP contribution in [0.15, 0.2) is 36.8 Å².